The van der Waals surface area contributed by atoms with Gasteiger partial charge in [0.05, 0.1) is 11.5 Å². The highest BCUT2D eigenvalue weighted by Gasteiger charge is 2.27. The van der Waals surface area contributed by atoms with Crippen molar-refractivity contribution in [3.05, 3.63) is 24.0 Å². The van der Waals surface area contributed by atoms with E-state index in [1.165, 1.54) is 5.69 Å². The largest absolute Gasteiger partial charge is 0.354 e. The molecule has 0 spiro atoms. The van der Waals surface area contributed by atoms with Gasteiger partial charge in [0.25, 0.3) is 0 Å². The Hall–Kier alpha value is -1.50. The third kappa shape index (κ3) is 5.05. The zero-order valence-corrected chi connectivity index (χ0v) is 14.0. The van der Waals surface area contributed by atoms with E-state index in [4.69, 9.17) is 0 Å². The molecule has 2 heterocycles. The van der Waals surface area contributed by atoms with Crippen molar-refractivity contribution in [2.24, 2.45) is 13.0 Å². The van der Waals surface area contributed by atoms with Crippen molar-refractivity contribution in [2.75, 3.05) is 18.1 Å². The highest BCUT2D eigenvalue weighted by Crippen LogP contribution is 2.17. The predicted molar refractivity (Wildman–Crippen MR) is 86.5 cm³/mol. The van der Waals surface area contributed by atoms with Crippen LogP contribution in [0.5, 0.6) is 0 Å². The highest BCUT2D eigenvalue weighted by atomic mass is 32.2. The molecule has 0 radical (unpaired) electrons. The lowest BCUT2D eigenvalue weighted by Crippen LogP contribution is -2.42. The van der Waals surface area contributed by atoms with Gasteiger partial charge in [-0.25, -0.2) is 13.2 Å². The summed E-state index contributed by atoms with van der Waals surface area (Å²) in [6.45, 7) is 2.40. The van der Waals surface area contributed by atoms with Gasteiger partial charge in [-0.1, -0.05) is 0 Å². The lowest BCUT2D eigenvalue weighted by Gasteiger charge is -2.16. The summed E-state index contributed by atoms with van der Waals surface area (Å²) < 4.78 is 24.8. The first-order valence-corrected chi connectivity index (χ1v) is 9.53. The molecule has 0 saturated carbocycles. The molecule has 6 nitrogen and oxygen atoms in total. The number of aryl methyl sites for hydroxylation is 2. The van der Waals surface area contributed by atoms with Crippen LogP contribution in [-0.2, 0) is 23.3 Å². The molecule has 2 amide bonds. The van der Waals surface area contributed by atoms with Gasteiger partial charge in [-0.3, -0.25) is 0 Å². The van der Waals surface area contributed by atoms with Gasteiger partial charge in [0, 0.05) is 31.5 Å². The van der Waals surface area contributed by atoms with E-state index in [0.29, 0.717) is 13.0 Å². The molecule has 124 valence electrons. The molecule has 1 aliphatic rings. The zero-order valence-electron chi connectivity index (χ0n) is 13.2. The van der Waals surface area contributed by atoms with Gasteiger partial charge in [-0.2, -0.15) is 0 Å². The smallest absolute Gasteiger partial charge is 0.315 e. The quantitative estimate of drug-likeness (QED) is 0.820. The van der Waals surface area contributed by atoms with Crippen LogP contribution in [0.2, 0.25) is 0 Å². The highest BCUT2D eigenvalue weighted by molar-refractivity contribution is 7.91. The molecule has 0 unspecified atom stereocenters. The molecule has 1 saturated heterocycles. The second kappa shape index (κ2) is 7.17. The van der Waals surface area contributed by atoms with Crippen LogP contribution >= 0.6 is 0 Å². The molecule has 0 bridgehead atoms. The van der Waals surface area contributed by atoms with Crippen LogP contribution in [0.3, 0.4) is 0 Å². The maximum atomic E-state index is 11.8. The SMILES string of the molecule is C[C@H](CCc1cccn1C)NC(=O)NC[C@@H]1CCS(=O)(=O)C1. The van der Waals surface area contributed by atoms with Crippen LogP contribution in [0.25, 0.3) is 0 Å². The van der Waals surface area contributed by atoms with Crippen LogP contribution in [0, 0.1) is 5.92 Å². The van der Waals surface area contributed by atoms with E-state index >= 15 is 0 Å². The lowest BCUT2D eigenvalue weighted by atomic mass is 10.1. The van der Waals surface area contributed by atoms with Gasteiger partial charge in [0.15, 0.2) is 9.84 Å². The average Bonchev–Trinajstić information content (AvgIpc) is 3.00. The molecule has 1 fully saturated rings. The van der Waals surface area contributed by atoms with Crippen LogP contribution in [0.15, 0.2) is 18.3 Å². The number of hydrogen-bond donors (Lipinski definition) is 2. The lowest BCUT2D eigenvalue weighted by molar-refractivity contribution is 0.235. The monoisotopic (exact) mass is 327 g/mol. The molecule has 2 rings (SSSR count). The normalized spacial score (nSPS) is 21.5. The molecule has 22 heavy (non-hydrogen) atoms. The summed E-state index contributed by atoms with van der Waals surface area (Å²) in [6.07, 6.45) is 4.43. The third-order valence-corrected chi connectivity index (χ3v) is 5.98. The summed E-state index contributed by atoms with van der Waals surface area (Å²) >= 11 is 0. The van der Waals surface area contributed by atoms with Crippen LogP contribution < -0.4 is 10.6 Å². The minimum Gasteiger partial charge on any atom is -0.354 e. The molecular formula is C15H25N3O3S. The number of nitrogens with one attached hydrogen (secondary N) is 2. The Balaban J connectivity index is 1.65. The fourth-order valence-corrected chi connectivity index (χ4v) is 4.60. The summed E-state index contributed by atoms with van der Waals surface area (Å²) in [5, 5.41) is 5.68. The van der Waals surface area contributed by atoms with Crippen molar-refractivity contribution in [2.45, 2.75) is 32.2 Å². The van der Waals surface area contributed by atoms with Crippen molar-refractivity contribution < 1.29 is 13.2 Å². The molecule has 1 aliphatic heterocycles. The maximum Gasteiger partial charge on any atom is 0.315 e. The Morgan fingerprint density at radius 3 is 2.86 bits per heavy atom. The predicted octanol–water partition coefficient (Wildman–Crippen LogP) is 1.08. The van der Waals surface area contributed by atoms with Crippen LogP contribution in [0.4, 0.5) is 4.79 Å². The molecule has 1 aromatic heterocycles. The Morgan fingerprint density at radius 2 is 2.27 bits per heavy atom. The topological polar surface area (TPSA) is 80.2 Å². The second-order valence-corrected chi connectivity index (χ2v) is 8.40. The van der Waals surface area contributed by atoms with Crippen molar-refractivity contribution >= 4 is 15.9 Å². The summed E-state index contributed by atoms with van der Waals surface area (Å²) in [5.74, 6) is 0.485. The number of amides is 2. The molecule has 0 aliphatic carbocycles. The van der Waals surface area contributed by atoms with E-state index in [1.807, 2.05) is 26.2 Å². The Labute approximate surface area is 132 Å². The molecule has 7 heteroatoms. The van der Waals surface area contributed by atoms with Crippen molar-refractivity contribution in [1.29, 1.82) is 0 Å². The maximum absolute atomic E-state index is 11.8. The second-order valence-electron chi connectivity index (χ2n) is 6.17. The Bertz CT molecular complexity index is 609. The number of carbonyl (C=O) groups excluding carboxylic acids is 1. The van der Waals surface area contributed by atoms with E-state index in [-0.39, 0.29) is 29.5 Å². The Morgan fingerprint density at radius 1 is 1.50 bits per heavy atom. The van der Waals surface area contributed by atoms with E-state index < -0.39 is 9.84 Å². The van der Waals surface area contributed by atoms with E-state index in [0.717, 1.165) is 12.8 Å². The summed E-state index contributed by atoms with van der Waals surface area (Å²) in [4.78, 5) is 11.8. The van der Waals surface area contributed by atoms with Gasteiger partial charge >= 0.3 is 6.03 Å². The van der Waals surface area contributed by atoms with Gasteiger partial charge in [0.2, 0.25) is 0 Å². The van der Waals surface area contributed by atoms with Crippen molar-refractivity contribution in [3.8, 4) is 0 Å². The van der Waals surface area contributed by atoms with Crippen molar-refractivity contribution in [3.63, 3.8) is 0 Å². The number of sulfone groups is 1. The fraction of sp³-hybridized carbons (Fsp3) is 0.667. The minimum atomic E-state index is -2.88. The van der Waals surface area contributed by atoms with Crippen LogP contribution in [0.1, 0.15) is 25.5 Å². The number of urea groups is 1. The average molecular weight is 327 g/mol. The number of rotatable bonds is 6. The van der Waals surface area contributed by atoms with Crippen LogP contribution in [-0.4, -0.2) is 43.1 Å². The van der Waals surface area contributed by atoms with Gasteiger partial charge in [-0.15, -0.1) is 0 Å². The van der Waals surface area contributed by atoms with E-state index in [2.05, 4.69) is 21.3 Å². The molecule has 2 N–H and O–H groups in total. The van der Waals surface area contributed by atoms with E-state index in [9.17, 15) is 13.2 Å². The first kappa shape index (κ1) is 16.9. The molecule has 2 atom stereocenters. The van der Waals surface area contributed by atoms with Gasteiger partial charge in [0.1, 0.15) is 0 Å². The zero-order chi connectivity index (χ0) is 16.2. The summed E-state index contributed by atoms with van der Waals surface area (Å²) in [7, 11) is -0.869. The number of carbonyl (C=O) groups is 1. The summed E-state index contributed by atoms with van der Waals surface area (Å²) in [6, 6.07) is 3.94. The van der Waals surface area contributed by atoms with Gasteiger partial charge < -0.3 is 15.2 Å². The van der Waals surface area contributed by atoms with Gasteiger partial charge in [-0.05, 0) is 44.2 Å². The summed E-state index contributed by atoms with van der Waals surface area (Å²) in [5.41, 5.74) is 1.24. The standard InChI is InChI=1S/C15H25N3O3S/c1-12(5-6-14-4-3-8-18(14)2)17-15(19)16-10-13-7-9-22(20,21)11-13/h3-4,8,12-13H,5-7,9-11H2,1-2H3,(H2,16,17,19)/t12-,13+/m1/s1. The molecule has 1 aromatic rings. The first-order chi connectivity index (χ1) is 10.4. The van der Waals surface area contributed by atoms with Crippen molar-refractivity contribution in [1.82, 2.24) is 15.2 Å². The Kier molecular flexibility index (Phi) is 5.50. The minimum absolute atomic E-state index is 0.0504. The number of aromatic nitrogens is 1. The molecular weight excluding hydrogens is 302 g/mol. The fourth-order valence-electron chi connectivity index (χ4n) is 2.74. The first-order valence-electron chi connectivity index (χ1n) is 7.71. The third-order valence-electron chi connectivity index (χ3n) is 4.14. The van der Waals surface area contributed by atoms with E-state index in [1.54, 1.807) is 0 Å². The number of hydrogen-bond acceptors (Lipinski definition) is 3. The number of nitrogens with zero attached hydrogens (tertiary/aromatic N) is 1. The molecule has 0 aromatic carbocycles.